The Labute approximate surface area is 70.6 Å². The number of pyridine rings is 1. The molecule has 2 rings (SSSR count). The van der Waals surface area contributed by atoms with Crippen molar-refractivity contribution in [3.8, 4) is 0 Å². The largest absolute Gasteiger partial charge is 0.357 e. The number of aromatic amines is 2. The smallest absolute Gasteiger partial charge is 0.272 e. The number of rotatable bonds is 0. The van der Waals surface area contributed by atoms with Crippen LogP contribution in [0.4, 0.5) is 0 Å². The van der Waals surface area contributed by atoms with Gasteiger partial charge in [-0.2, -0.15) is 0 Å². The second-order valence-corrected chi connectivity index (χ2v) is 3.09. The predicted molar refractivity (Wildman–Crippen MR) is 46.6 cm³/mol. The zero-order valence-electron chi connectivity index (χ0n) is 5.52. The Morgan fingerprint density at radius 2 is 2.18 bits per heavy atom. The van der Waals surface area contributed by atoms with Gasteiger partial charge in [0.2, 0.25) is 0 Å². The minimum Gasteiger partial charge on any atom is -0.357 e. The maximum absolute atomic E-state index is 11.1. The molecule has 0 spiro atoms. The maximum atomic E-state index is 11.1. The van der Waals surface area contributed by atoms with Gasteiger partial charge in [0.05, 0.1) is 0 Å². The van der Waals surface area contributed by atoms with Crippen LogP contribution in [0.25, 0.3) is 10.9 Å². The van der Waals surface area contributed by atoms with E-state index in [1.165, 1.54) is 0 Å². The summed E-state index contributed by atoms with van der Waals surface area (Å²) in [6.45, 7) is 0. The van der Waals surface area contributed by atoms with Crippen LogP contribution in [0, 0.1) is 0 Å². The van der Waals surface area contributed by atoms with Crippen LogP contribution in [-0.4, -0.2) is 9.97 Å². The summed E-state index contributed by atoms with van der Waals surface area (Å²) in [7, 11) is 0. The van der Waals surface area contributed by atoms with Crippen LogP contribution < -0.4 is 5.56 Å². The molecule has 0 aliphatic carbocycles. The van der Waals surface area contributed by atoms with Crippen molar-refractivity contribution < 1.29 is 0 Å². The van der Waals surface area contributed by atoms with Gasteiger partial charge in [0.1, 0.15) is 5.52 Å². The quantitative estimate of drug-likeness (QED) is 0.686. The third-order valence-corrected chi connectivity index (χ3v) is 2.22. The highest BCUT2D eigenvalue weighted by Gasteiger charge is 2.01. The first kappa shape index (κ1) is 6.67. The standard InChI is InChI=1S/C7H5BrN2O/c8-5-3-10-7(11)6-4(5)1-2-9-6/h1-3,9H,(H,10,11). The van der Waals surface area contributed by atoms with Crippen molar-refractivity contribution in [2.45, 2.75) is 0 Å². The summed E-state index contributed by atoms with van der Waals surface area (Å²) >= 11 is 3.32. The summed E-state index contributed by atoms with van der Waals surface area (Å²) < 4.78 is 0.897. The minimum absolute atomic E-state index is 0.0896. The molecule has 0 unspecified atom stereocenters. The fourth-order valence-corrected chi connectivity index (χ4v) is 1.48. The summed E-state index contributed by atoms with van der Waals surface area (Å²) in [5.74, 6) is 0. The highest BCUT2D eigenvalue weighted by atomic mass is 79.9. The Kier molecular flexibility index (Phi) is 1.35. The van der Waals surface area contributed by atoms with Gasteiger partial charge in [-0.3, -0.25) is 4.79 Å². The van der Waals surface area contributed by atoms with E-state index in [4.69, 9.17) is 0 Å². The lowest BCUT2D eigenvalue weighted by Crippen LogP contribution is -2.04. The Morgan fingerprint density at radius 3 is 2.91 bits per heavy atom. The lowest BCUT2D eigenvalue weighted by molar-refractivity contribution is 1.24. The first-order valence-electron chi connectivity index (χ1n) is 3.13. The fourth-order valence-electron chi connectivity index (χ4n) is 1.04. The average molecular weight is 213 g/mol. The zero-order chi connectivity index (χ0) is 7.84. The molecule has 2 N–H and O–H groups in total. The van der Waals surface area contributed by atoms with Gasteiger partial charge < -0.3 is 9.97 Å². The summed E-state index contributed by atoms with van der Waals surface area (Å²) in [6.07, 6.45) is 3.38. The molecule has 0 saturated heterocycles. The van der Waals surface area contributed by atoms with Gasteiger partial charge >= 0.3 is 0 Å². The van der Waals surface area contributed by atoms with E-state index in [2.05, 4.69) is 25.9 Å². The average Bonchev–Trinajstić information content (AvgIpc) is 2.45. The van der Waals surface area contributed by atoms with Gasteiger partial charge in [-0.1, -0.05) is 0 Å². The van der Waals surface area contributed by atoms with Crippen molar-refractivity contribution in [3.63, 3.8) is 0 Å². The van der Waals surface area contributed by atoms with Crippen LogP contribution in [-0.2, 0) is 0 Å². The molecule has 0 amide bonds. The number of nitrogens with one attached hydrogen (secondary N) is 2. The number of fused-ring (bicyclic) bond motifs is 1. The lowest BCUT2D eigenvalue weighted by atomic mass is 10.3. The molecule has 2 aromatic heterocycles. The molecule has 2 aromatic rings. The Hall–Kier alpha value is -1.03. The molecule has 0 aliphatic heterocycles. The molecule has 0 saturated carbocycles. The summed E-state index contributed by atoms with van der Waals surface area (Å²) in [4.78, 5) is 16.5. The van der Waals surface area contributed by atoms with Crippen molar-refractivity contribution in [1.29, 1.82) is 0 Å². The fraction of sp³-hybridized carbons (Fsp3) is 0. The van der Waals surface area contributed by atoms with Gasteiger partial charge in [0.25, 0.3) is 5.56 Å². The van der Waals surface area contributed by atoms with Crippen molar-refractivity contribution in [2.24, 2.45) is 0 Å². The molecule has 56 valence electrons. The number of H-pyrrole nitrogens is 2. The molecule has 0 aromatic carbocycles. The van der Waals surface area contributed by atoms with Crippen LogP contribution in [0.2, 0.25) is 0 Å². The van der Waals surface area contributed by atoms with E-state index in [1.807, 2.05) is 6.07 Å². The first-order chi connectivity index (χ1) is 5.29. The maximum Gasteiger partial charge on any atom is 0.272 e. The Bertz CT molecular complexity index is 443. The molecule has 0 atom stereocenters. The molecule has 11 heavy (non-hydrogen) atoms. The third kappa shape index (κ3) is 0.903. The van der Waals surface area contributed by atoms with Crippen molar-refractivity contribution >= 4 is 26.8 Å². The van der Waals surface area contributed by atoms with E-state index in [1.54, 1.807) is 12.4 Å². The number of hydrogen-bond donors (Lipinski definition) is 2. The molecule has 2 heterocycles. The molecule has 4 heteroatoms. The number of hydrogen-bond acceptors (Lipinski definition) is 1. The second kappa shape index (κ2) is 2.23. The van der Waals surface area contributed by atoms with E-state index in [0.29, 0.717) is 5.52 Å². The molecule has 0 fully saturated rings. The summed E-state index contributed by atoms with van der Waals surface area (Å²) in [5, 5.41) is 0.911. The van der Waals surface area contributed by atoms with Crippen molar-refractivity contribution in [2.75, 3.05) is 0 Å². The van der Waals surface area contributed by atoms with Crippen LogP contribution in [0.1, 0.15) is 0 Å². The molecule has 0 radical (unpaired) electrons. The lowest BCUT2D eigenvalue weighted by Gasteiger charge is -1.90. The van der Waals surface area contributed by atoms with E-state index >= 15 is 0 Å². The normalized spacial score (nSPS) is 10.6. The van der Waals surface area contributed by atoms with Crippen LogP contribution in [0.15, 0.2) is 27.7 Å². The minimum atomic E-state index is -0.0896. The Morgan fingerprint density at radius 1 is 1.36 bits per heavy atom. The first-order valence-corrected chi connectivity index (χ1v) is 3.92. The topological polar surface area (TPSA) is 48.6 Å². The highest BCUT2D eigenvalue weighted by Crippen LogP contribution is 2.18. The molecule has 3 nitrogen and oxygen atoms in total. The van der Waals surface area contributed by atoms with E-state index in [0.717, 1.165) is 9.86 Å². The summed E-state index contributed by atoms with van der Waals surface area (Å²) in [6, 6.07) is 1.86. The molecule has 0 bridgehead atoms. The Balaban J connectivity index is 3.08. The zero-order valence-corrected chi connectivity index (χ0v) is 7.10. The van der Waals surface area contributed by atoms with Gasteiger partial charge in [-0.15, -0.1) is 0 Å². The number of aromatic nitrogens is 2. The van der Waals surface area contributed by atoms with Crippen LogP contribution >= 0.6 is 15.9 Å². The van der Waals surface area contributed by atoms with Crippen LogP contribution in [0.5, 0.6) is 0 Å². The van der Waals surface area contributed by atoms with Crippen molar-refractivity contribution in [1.82, 2.24) is 9.97 Å². The van der Waals surface area contributed by atoms with Crippen molar-refractivity contribution in [3.05, 3.63) is 33.3 Å². The SMILES string of the molecule is O=c1[nH]cc(Br)c2cc[nH]c12. The number of halogens is 1. The van der Waals surface area contributed by atoms with Gasteiger partial charge in [-0.05, 0) is 22.0 Å². The molecule has 0 aliphatic rings. The van der Waals surface area contributed by atoms with E-state index < -0.39 is 0 Å². The van der Waals surface area contributed by atoms with E-state index in [9.17, 15) is 4.79 Å². The monoisotopic (exact) mass is 212 g/mol. The van der Waals surface area contributed by atoms with E-state index in [-0.39, 0.29) is 5.56 Å². The van der Waals surface area contributed by atoms with Gasteiger partial charge in [0.15, 0.2) is 0 Å². The van der Waals surface area contributed by atoms with Crippen LogP contribution in [0.3, 0.4) is 0 Å². The highest BCUT2D eigenvalue weighted by molar-refractivity contribution is 9.10. The molecular weight excluding hydrogens is 208 g/mol. The summed E-state index contributed by atoms with van der Waals surface area (Å²) in [5.41, 5.74) is 0.521. The van der Waals surface area contributed by atoms with Gasteiger partial charge in [-0.25, -0.2) is 0 Å². The molecular formula is C7H5BrN2O. The second-order valence-electron chi connectivity index (χ2n) is 2.23. The third-order valence-electron chi connectivity index (χ3n) is 1.56. The predicted octanol–water partition coefficient (Wildman–Crippen LogP) is 1.62. The van der Waals surface area contributed by atoms with Gasteiger partial charge in [0, 0.05) is 22.3 Å².